The summed E-state index contributed by atoms with van der Waals surface area (Å²) in [6.07, 6.45) is -0.754. The SMILES string of the molecule is C=C(Cl)CNC(=O)N1C[C@H](O)C[C@H]1C(=O)O. The van der Waals surface area contributed by atoms with Gasteiger partial charge in [0.1, 0.15) is 6.04 Å². The molecule has 0 radical (unpaired) electrons. The fourth-order valence-corrected chi connectivity index (χ4v) is 1.61. The zero-order valence-electron chi connectivity index (χ0n) is 8.52. The minimum absolute atomic E-state index is 0.0115. The molecule has 16 heavy (non-hydrogen) atoms. The molecule has 1 saturated heterocycles. The van der Waals surface area contributed by atoms with E-state index in [-0.39, 0.29) is 24.5 Å². The maximum Gasteiger partial charge on any atom is 0.326 e. The molecule has 0 spiro atoms. The molecular formula is C9H13ClN2O4. The zero-order valence-corrected chi connectivity index (χ0v) is 9.28. The van der Waals surface area contributed by atoms with Crippen LogP contribution >= 0.6 is 11.6 Å². The highest BCUT2D eigenvalue weighted by molar-refractivity contribution is 6.29. The van der Waals surface area contributed by atoms with Crippen molar-refractivity contribution in [2.24, 2.45) is 0 Å². The molecule has 0 saturated carbocycles. The predicted octanol–water partition coefficient (Wildman–Crippen LogP) is -0.0317. The molecule has 0 bridgehead atoms. The van der Waals surface area contributed by atoms with Crippen LogP contribution in [0.25, 0.3) is 0 Å². The van der Waals surface area contributed by atoms with Gasteiger partial charge >= 0.3 is 12.0 Å². The van der Waals surface area contributed by atoms with E-state index in [9.17, 15) is 14.7 Å². The molecule has 2 atom stereocenters. The number of hydrogen-bond donors (Lipinski definition) is 3. The third-order valence-corrected chi connectivity index (χ3v) is 2.39. The predicted molar refractivity (Wildman–Crippen MR) is 57.1 cm³/mol. The molecule has 0 aromatic carbocycles. The number of aliphatic hydroxyl groups is 1. The van der Waals surface area contributed by atoms with Gasteiger partial charge in [-0.1, -0.05) is 18.2 Å². The first-order chi connectivity index (χ1) is 7.41. The van der Waals surface area contributed by atoms with E-state index in [2.05, 4.69) is 11.9 Å². The second-order valence-electron chi connectivity index (χ2n) is 3.57. The molecule has 0 aromatic rings. The molecule has 0 aromatic heterocycles. The van der Waals surface area contributed by atoms with Gasteiger partial charge in [0.15, 0.2) is 0 Å². The lowest BCUT2D eigenvalue weighted by Gasteiger charge is -2.21. The Morgan fingerprint density at radius 3 is 2.69 bits per heavy atom. The minimum atomic E-state index is -1.13. The number of β-amino-alcohol motifs (C(OH)–C–C–N with tert-alkyl or cyclic N) is 1. The molecule has 0 unspecified atom stereocenters. The Balaban J connectivity index is 2.59. The van der Waals surface area contributed by atoms with Gasteiger partial charge in [-0.3, -0.25) is 0 Å². The fourth-order valence-electron chi connectivity index (χ4n) is 1.55. The molecule has 1 heterocycles. The van der Waals surface area contributed by atoms with E-state index in [1.165, 1.54) is 0 Å². The van der Waals surface area contributed by atoms with Crippen molar-refractivity contribution in [3.63, 3.8) is 0 Å². The Hall–Kier alpha value is -1.27. The smallest absolute Gasteiger partial charge is 0.326 e. The number of carboxylic acid groups (broad SMARTS) is 1. The van der Waals surface area contributed by atoms with Crippen molar-refractivity contribution >= 4 is 23.6 Å². The van der Waals surface area contributed by atoms with Crippen LogP contribution < -0.4 is 5.32 Å². The number of carbonyl (C=O) groups is 2. The quantitative estimate of drug-likeness (QED) is 0.654. The van der Waals surface area contributed by atoms with Crippen LogP contribution in [0.15, 0.2) is 11.6 Å². The summed E-state index contributed by atoms with van der Waals surface area (Å²) in [6.45, 7) is 3.47. The van der Waals surface area contributed by atoms with Gasteiger partial charge in [0.2, 0.25) is 0 Å². The Bertz CT molecular complexity index is 321. The van der Waals surface area contributed by atoms with E-state index in [0.717, 1.165) is 4.90 Å². The number of likely N-dealkylation sites (tertiary alicyclic amines) is 1. The lowest BCUT2D eigenvalue weighted by molar-refractivity contribution is -0.141. The van der Waals surface area contributed by atoms with Crippen molar-refractivity contribution in [1.29, 1.82) is 0 Å². The van der Waals surface area contributed by atoms with Gasteiger partial charge < -0.3 is 20.4 Å². The molecule has 2 amide bonds. The molecular weight excluding hydrogens is 236 g/mol. The van der Waals surface area contributed by atoms with E-state index in [1.807, 2.05) is 0 Å². The van der Waals surface area contributed by atoms with Crippen molar-refractivity contribution < 1.29 is 19.8 Å². The van der Waals surface area contributed by atoms with Crippen LogP contribution in [0.1, 0.15) is 6.42 Å². The van der Waals surface area contributed by atoms with Crippen LogP contribution in [-0.2, 0) is 4.79 Å². The topological polar surface area (TPSA) is 89.9 Å². The van der Waals surface area contributed by atoms with E-state index >= 15 is 0 Å². The average molecular weight is 249 g/mol. The first kappa shape index (κ1) is 12.8. The Kier molecular flexibility index (Phi) is 4.14. The number of carboxylic acids is 1. The standard InChI is InChI=1S/C9H13ClN2O4/c1-5(10)3-11-9(16)12-4-6(13)2-7(12)8(14)15/h6-7,13H,1-4H2,(H,11,16)(H,14,15)/t6-,7+/m1/s1. The summed E-state index contributed by atoms with van der Waals surface area (Å²) in [4.78, 5) is 23.5. The van der Waals surface area contributed by atoms with Crippen LogP contribution in [0, 0.1) is 0 Å². The molecule has 7 heteroatoms. The van der Waals surface area contributed by atoms with Gasteiger partial charge in [0, 0.05) is 18.0 Å². The Morgan fingerprint density at radius 2 is 2.19 bits per heavy atom. The van der Waals surface area contributed by atoms with E-state index < -0.39 is 24.1 Å². The molecule has 1 aliphatic heterocycles. The Labute approximate surface area is 97.5 Å². The van der Waals surface area contributed by atoms with Crippen LogP contribution in [0.3, 0.4) is 0 Å². The van der Waals surface area contributed by atoms with Crippen molar-refractivity contribution in [3.8, 4) is 0 Å². The minimum Gasteiger partial charge on any atom is -0.480 e. The molecule has 1 fully saturated rings. The normalized spacial score (nSPS) is 24.2. The number of rotatable bonds is 3. The van der Waals surface area contributed by atoms with Crippen LogP contribution in [0.5, 0.6) is 0 Å². The van der Waals surface area contributed by atoms with Crippen molar-refractivity contribution in [3.05, 3.63) is 11.6 Å². The summed E-state index contributed by atoms with van der Waals surface area (Å²) >= 11 is 5.46. The largest absolute Gasteiger partial charge is 0.480 e. The van der Waals surface area contributed by atoms with E-state index in [1.54, 1.807) is 0 Å². The number of halogens is 1. The lowest BCUT2D eigenvalue weighted by Crippen LogP contribution is -2.46. The van der Waals surface area contributed by atoms with E-state index in [0.29, 0.717) is 0 Å². The second kappa shape index (κ2) is 5.18. The highest BCUT2D eigenvalue weighted by Gasteiger charge is 2.38. The van der Waals surface area contributed by atoms with Crippen molar-refractivity contribution in [2.75, 3.05) is 13.1 Å². The van der Waals surface area contributed by atoms with Crippen molar-refractivity contribution in [1.82, 2.24) is 10.2 Å². The first-order valence-corrected chi connectivity index (χ1v) is 5.08. The number of carbonyl (C=O) groups excluding carboxylic acids is 1. The van der Waals surface area contributed by atoms with E-state index in [4.69, 9.17) is 16.7 Å². The van der Waals surface area contributed by atoms with Gasteiger partial charge in [-0.2, -0.15) is 0 Å². The monoisotopic (exact) mass is 248 g/mol. The second-order valence-corrected chi connectivity index (χ2v) is 4.11. The maximum atomic E-state index is 11.6. The van der Waals surface area contributed by atoms with Crippen LogP contribution in [0.4, 0.5) is 4.79 Å². The maximum absolute atomic E-state index is 11.6. The zero-order chi connectivity index (χ0) is 12.3. The number of nitrogens with one attached hydrogen (secondary N) is 1. The summed E-state index contributed by atoms with van der Waals surface area (Å²) in [5, 5.41) is 20.8. The number of nitrogens with zero attached hydrogens (tertiary/aromatic N) is 1. The Morgan fingerprint density at radius 1 is 1.56 bits per heavy atom. The molecule has 3 N–H and O–H groups in total. The highest BCUT2D eigenvalue weighted by Crippen LogP contribution is 2.18. The van der Waals surface area contributed by atoms with Gasteiger partial charge in [-0.15, -0.1) is 0 Å². The molecule has 0 aliphatic carbocycles. The number of aliphatic hydroxyl groups excluding tert-OH is 1. The van der Waals surface area contributed by atoms with Gasteiger partial charge in [0.05, 0.1) is 12.6 Å². The summed E-state index contributed by atoms with van der Waals surface area (Å²) in [7, 11) is 0. The van der Waals surface area contributed by atoms with Gasteiger partial charge in [0.25, 0.3) is 0 Å². The molecule has 1 aliphatic rings. The summed E-state index contributed by atoms with van der Waals surface area (Å²) in [5.41, 5.74) is 0. The molecule has 90 valence electrons. The van der Waals surface area contributed by atoms with Gasteiger partial charge in [-0.25, -0.2) is 9.59 Å². The number of amides is 2. The summed E-state index contributed by atoms with van der Waals surface area (Å²) in [5.74, 6) is -1.13. The van der Waals surface area contributed by atoms with Gasteiger partial charge in [-0.05, 0) is 0 Å². The summed E-state index contributed by atoms with van der Waals surface area (Å²) < 4.78 is 0. The third-order valence-electron chi connectivity index (χ3n) is 2.26. The summed E-state index contributed by atoms with van der Waals surface area (Å²) in [6, 6.07) is -1.55. The van der Waals surface area contributed by atoms with Crippen molar-refractivity contribution in [2.45, 2.75) is 18.6 Å². The highest BCUT2D eigenvalue weighted by atomic mass is 35.5. The molecule has 1 rings (SSSR count). The van der Waals surface area contributed by atoms with Crippen LogP contribution in [-0.4, -0.2) is 52.3 Å². The molecule has 6 nitrogen and oxygen atoms in total. The number of urea groups is 1. The lowest BCUT2D eigenvalue weighted by atomic mass is 10.2. The third kappa shape index (κ3) is 3.11. The number of aliphatic carboxylic acids is 1. The fraction of sp³-hybridized carbons (Fsp3) is 0.556. The number of hydrogen-bond acceptors (Lipinski definition) is 3. The first-order valence-electron chi connectivity index (χ1n) is 4.70. The van der Waals surface area contributed by atoms with Crippen LogP contribution in [0.2, 0.25) is 0 Å². The average Bonchev–Trinajstić information content (AvgIpc) is 2.56.